The first-order valence-corrected chi connectivity index (χ1v) is 15.7. The Morgan fingerprint density at radius 1 is 1.18 bits per heavy atom. The maximum absolute atomic E-state index is 13.1. The second kappa shape index (κ2) is 10.9. The van der Waals surface area contributed by atoms with Gasteiger partial charge in [0.2, 0.25) is 0 Å². The molecule has 0 N–H and O–H groups in total. The predicted molar refractivity (Wildman–Crippen MR) is 155 cm³/mol. The summed E-state index contributed by atoms with van der Waals surface area (Å²) in [5.74, 6) is 1.94. The fraction of sp³-hybridized carbons (Fsp3) is 0.516. The third-order valence-electron chi connectivity index (χ3n) is 8.93. The van der Waals surface area contributed by atoms with Gasteiger partial charge in [0.1, 0.15) is 5.75 Å². The van der Waals surface area contributed by atoms with Crippen LogP contribution in [0.3, 0.4) is 0 Å². The zero-order valence-electron chi connectivity index (χ0n) is 22.6. The summed E-state index contributed by atoms with van der Waals surface area (Å²) in [6.45, 7) is 4.19. The summed E-state index contributed by atoms with van der Waals surface area (Å²) in [6.07, 6.45) is 9.26. The van der Waals surface area contributed by atoms with E-state index in [1.807, 2.05) is 25.1 Å². The summed E-state index contributed by atoms with van der Waals surface area (Å²) in [5.41, 5.74) is 4.03. The Bertz CT molecular complexity index is 1390. The summed E-state index contributed by atoms with van der Waals surface area (Å²) < 4.78 is 29.1. The van der Waals surface area contributed by atoms with Crippen LogP contribution in [0.15, 0.2) is 52.9 Å². The number of amides is 1. The number of methoxy groups -OCH3 is 1. The number of halogens is 1. The third kappa shape index (κ3) is 5.50. The maximum atomic E-state index is 13.1. The van der Waals surface area contributed by atoms with Crippen molar-refractivity contribution in [3.63, 3.8) is 0 Å². The van der Waals surface area contributed by atoms with Crippen molar-refractivity contribution in [2.24, 2.45) is 27.5 Å². The van der Waals surface area contributed by atoms with Crippen molar-refractivity contribution in [3.8, 4) is 5.75 Å². The number of ether oxygens (including phenoxy) is 2. The molecule has 4 aliphatic rings. The molecular formula is C31H36ClN2O4S-. The molecule has 2 heterocycles. The normalized spacial score (nSPS) is 31.9. The van der Waals surface area contributed by atoms with E-state index in [1.54, 1.807) is 13.2 Å². The first-order chi connectivity index (χ1) is 18.9. The molecule has 39 heavy (non-hydrogen) atoms. The zero-order chi connectivity index (χ0) is 27.1. The highest BCUT2D eigenvalue weighted by Crippen LogP contribution is 2.81. The van der Waals surface area contributed by atoms with E-state index in [-0.39, 0.29) is 17.4 Å². The minimum absolute atomic E-state index is 0.0673. The van der Waals surface area contributed by atoms with Crippen molar-refractivity contribution in [2.75, 3.05) is 30.9 Å². The van der Waals surface area contributed by atoms with Gasteiger partial charge in [0.05, 0.1) is 18.4 Å². The van der Waals surface area contributed by atoms with Crippen LogP contribution >= 0.6 is 11.6 Å². The lowest BCUT2D eigenvalue weighted by atomic mass is 9.96. The van der Waals surface area contributed by atoms with Crippen LogP contribution in [0.4, 0.5) is 5.69 Å². The molecule has 2 fully saturated rings. The van der Waals surface area contributed by atoms with Gasteiger partial charge in [-0.15, -0.1) is 0 Å². The number of fused-ring (bicyclic) bond motifs is 3. The van der Waals surface area contributed by atoms with Gasteiger partial charge < -0.3 is 22.9 Å². The summed E-state index contributed by atoms with van der Waals surface area (Å²) in [6, 6.07) is 11.7. The van der Waals surface area contributed by atoms with Crippen LogP contribution in [0.1, 0.15) is 54.1 Å². The van der Waals surface area contributed by atoms with Crippen LogP contribution in [0.5, 0.6) is 5.75 Å². The first kappa shape index (κ1) is 26.9. The number of carbonyl (C=O) groups is 1. The van der Waals surface area contributed by atoms with Crippen LogP contribution in [-0.2, 0) is 32.5 Å². The highest BCUT2D eigenvalue weighted by Gasteiger charge is 2.80. The van der Waals surface area contributed by atoms with Gasteiger partial charge in [-0.25, -0.2) is 0 Å². The van der Waals surface area contributed by atoms with Crippen molar-refractivity contribution in [1.29, 1.82) is 0 Å². The number of rotatable bonds is 1. The second-order valence-corrected chi connectivity index (χ2v) is 13.3. The number of hydrogen-bond donors (Lipinski definition) is 0. The average Bonchev–Trinajstić information content (AvgIpc) is 3.77. The van der Waals surface area contributed by atoms with E-state index < -0.39 is 16.5 Å². The molecular weight excluding hydrogens is 532 g/mol. The van der Waals surface area contributed by atoms with Gasteiger partial charge in [-0.05, 0) is 90.8 Å². The molecule has 2 aromatic carbocycles. The number of carbonyl (C=O) groups excluding carboxylic acids is 1. The van der Waals surface area contributed by atoms with Crippen LogP contribution in [-0.4, -0.2) is 38.0 Å². The van der Waals surface area contributed by atoms with Gasteiger partial charge in [0.15, 0.2) is 0 Å². The highest BCUT2D eigenvalue weighted by molar-refractivity contribution is 7.75. The van der Waals surface area contributed by atoms with Crippen molar-refractivity contribution in [2.45, 2.75) is 51.7 Å². The lowest BCUT2D eigenvalue weighted by Crippen LogP contribution is -2.31. The van der Waals surface area contributed by atoms with Crippen molar-refractivity contribution < 1.29 is 18.5 Å². The fourth-order valence-corrected chi connectivity index (χ4v) is 7.76. The average molecular weight is 568 g/mol. The Morgan fingerprint density at radius 2 is 2.05 bits per heavy atom. The first-order valence-electron chi connectivity index (χ1n) is 14.0. The Hall–Kier alpha value is -2.35. The van der Waals surface area contributed by atoms with E-state index in [2.05, 4.69) is 33.5 Å². The van der Waals surface area contributed by atoms with Gasteiger partial charge in [-0.1, -0.05) is 48.4 Å². The number of hydrogen-bond acceptors (Lipinski definition) is 6. The van der Waals surface area contributed by atoms with Crippen LogP contribution < -0.4 is 9.64 Å². The van der Waals surface area contributed by atoms with E-state index in [9.17, 15) is 9.00 Å². The molecule has 8 heteroatoms. The summed E-state index contributed by atoms with van der Waals surface area (Å²) in [7, 11) is 0.210. The van der Waals surface area contributed by atoms with Crippen molar-refractivity contribution in [1.82, 2.24) is 0 Å². The van der Waals surface area contributed by atoms with Crippen molar-refractivity contribution >= 4 is 33.8 Å². The molecule has 2 saturated carbocycles. The van der Waals surface area contributed by atoms with Gasteiger partial charge in [-0.3, -0.25) is 4.79 Å². The van der Waals surface area contributed by atoms with Gasteiger partial charge in [0.25, 0.3) is 5.91 Å². The van der Waals surface area contributed by atoms with Gasteiger partial charge >= 0.3 is 0 Å². The molecule has 2 aliphatic heterocycles. The van der Waals surface area contributed by atoms with E-state index in [0.717, 1.165) is 48.7 Å². The molecule has 1 amide bonds. The smallest absolute Gasteiger partial charge is 0.254 e. The van der Waals surface area contributed by atoms with Gasteiger partial charge in [0, 0.05) is 30.8 Å². The predicted octanol–water partition coefficient (Wildman–Crippen LogP) is 6.60. The van der Waals surface area contributed by atoms with E-state index in [4.69, 9.17) is 21.1 Å². The van der Waals surface area contributed by atoms with E-state index in [0.29, 0.717) is 36.3 Å². The molecule has 6 nitrogen and oxygen atoms in total. The number of benzene rings is 2. The number of nitrogens with zero attached hydrogens (tertiary/aromatic N) is 2. The second-order valence-electron chi connectivity index (χ2n) is 11.7. The minimum Gasteiger partial charge on any atom is -0.491 e. The largest absolute Gasteiger partial charge is 0.491 e. The Labute approximate surface area is 237 Å². The molecule has 0 aromatic heterocycles. The summed E-state index contributed by atoms with van der Waals surface area (Å²) in [5, 5.41) is 0.753. The lowest BCUT2D eigenvalue weighted by Gasteiger charge is -2.31. The molecule has 2 aromatic rings. The third-order valence-corrected chi connectivity index (χ3v) is 10.4. The Morgan fingerprint density at radius 3 is 2.87 bits per heavy atom. The zero-order valence-corrected chi connectivity index (χ0v) is 24.2. The highest BCUT2D eigenvalue weighted by atomic mass is 35.5. The minimum atomic E-state index is -1.59. The van der Waals surface area contributed by atoms with E-state index >= 15 is 0 Å². The fourth-order valence-electron chi connectivity index (χ4n) is 6.58. The topological polar surface area (TPSA) is 68.2 Å². The molecule has 5 atom stereocenters. The SMILES string of the molecule is CO[C@H]1/C=C/C[C@H](C)C[S-](=O)=NC(=O)c2ccc3c(c2)N(Cc2ccc(Cl)cc2CCCCO3)C[C@]23CC2[C@@H]13. The van der Waals surface area contributed by atoms with E-state index in [1.165, 1.54) is 17.5 Å². The van der Waals surface area contributed by atoms with Crippen LogP contribution in [0, 0.1) is 23.2 Å². The monoisotopic (exact) mass is 567 g/mol. The number of anilines is 1. The Kier molecular flexibility index (Phi) is 7.51. The molecule has 1 unspecified atom stereocenters. The summed E-state index contributed by atoms with van der Waals surface area (Å²) in [4.78, 5) is 15.5. The lowest BCUT2D eigenvalue weighted by molar-refractivity contribution is 0.0965. The van der Waals surface area contributed by atoms with Crippen molar-refractivity contribution in [3.05, 3.63) is 70.3 Å². The molecule has 0 radical (unpaired) electrons. The molecule has 208 valence electrons. The Balaban J connectivity index is 1.45. The number of aryl methyl sites for hydroxylation is 1. The molecule has 0 saturated heterocycles. The quantitative estimate of drug-likeness (QED) is 0.287. The number of allylic oxidation sites excluding steroid dienone is 1. The molecule has 2 bridgehead atoms. The van der Waals surface area contributed by atoms with Gasteiger partial charge in [-0.2, -0.15) is 10.6 Å². The molecule has 2 aliphatic carbocycles. The maximum Gasteiger partial charge on any atom is 0.254 e. The molecule has 1 spiro atoms. The summed E-state index contributed by atoms with van der Waals surface area (Å²) >= 11 is 6.41. The van der Waals surface area contributed by atoms with Crippen LogP contribution in [0.2, 0.25) is 5.02 Å². The van der Waals surface area contributed by atoms with Crippen LogP contribution in [0.25, 0.3) is 0 Å². The standard InChI is InChI=1S/C31H36ClN2O4S/c1-20-6-5-8-28(37-2)29-25-16-31(25,29)19-34-17-23-9-11-24(32)14-21(23)7-3-4-13-38-27-12-10-22(15-26(27)34)30(35)33-39(36)18-20/h5,8-12,14-15,20,25,28-29H,3-4,6-7,13,16-19H2,1-2H3/q-1/b8-5+/t20-,25?,28-,29-,31+/m0/s1. The molecule has 6 rings (SSSR count).